The fourth-order valence-corrected chi connectivity index (χ4v) is 3.90. The van der Waals surface area contributed by atoms with Crippen LogP contribution in [0.15, 0.2) is 47.0 Å². The SMILES string of the molecule is CC(C)Oc1ccc(-c2nc(-c3ccc(CN4CCC(C)(C(=O)O)CC4)cc3)no2)cc1O. The molecule has 1 saturated heterocycles. The molecule has 1 aliphatic rings. The summed E-state index contributed by atoms with van der Waals surface area (Å²) in [6.45, 7) is 7.93. The van der Waals surface area contributed by atoms with Crippen molar-refractivity contribution in [1.29, 1.82) is 0 Å². The Hall–Kier alpha value is -3.39. The standard InChI is InChI=1S/C25H29N3O5/c1-16(2)32-21-9-8-19(14-20(21)29)23-26-22(27-33-23)18-6-4-17(5-7-18)15-28-12-10-25(3,11-13-28)24(30)31/h4-9,14,16,29H,10-13,15H2,1-3H3,(H,30,31). The summed E-state index contributed by atoms with van der Waals surface area (Å²) < 4.78 is 11.0. The minimum absolute atomic E-state index is 0.0201. The number of piperidine rings is 1. The first-order chi connectivity index (χ1) is 15.7. The van der Waals surface area contributed by atoms with Gasteiger partial charge in [0.1, 0.15) is 0 Å². The van der Waals surface area contributed by atoms with E-state index in [0.29, 0.717) is 35.9 Å². The number of carbonyl (C=O) groups is 1. The molecule has 1 aliphatic heterocycles. The van der Waals surface area contributed by atoms with Crippen molar-refractivity contribution in [3.05, 3.63) is 48.0 Å². The van der Waals surface area contributed by atoms with E-state index in [-0.39, 0.29) is 11.9 Å². The molecular formula is C25H29N3O5. The second-order valence-corrected chi connectivity index (χ2v) is 9.11. The first-order valence-electron chi connectivity index (χ1n) is 11.1. The molecule has 0 bridgehead atoms. The molecule has 0 aliphatic carbocycles. The highest BCUT2D eigenvalue weighted by Gasteiger charge is 2.36. The van der Waals surface area contributed by atoms with Gasteiger partial charge in [-0.2, -0.15) is 4.98 Å². The lowest BCUT2D eigenvalue weighted by Gasteiger charge is -2.36. The molecular weight excluding hydrogens is 422 g/mol. The lowest BCUT2D eigenvalue weighted by molar-refractivity contribution is -0.150. The summed E-state index contributed by atoms with van der Waals surface area (Å²) in [5.74, 6) is 0.502. The third-order valence-electron chi connectivity index (χ3n) is 6.09. The maximum Gasteiger partial charge on any atom is 0.309 e. The third-order valence-corrected chi connectivity index (χ3v) is 6.09. The van der Waals surface area contributed by atoms with Crippen LogP contribution < -0.4 is 4.74 Å². The summed E-state index contributed by atoms with van der Waals surface area (Å²) in [7, 11) is 0. The van der Waals surface area contributed by atoms with Gasteiger partial charge in [-0.15, -0.1) is 0 Å². The van der Waals surface area contributed by atoms with Crippen LogP contribution in [0, 0.1) is 5.41 Å². The van der Waals surface area contributed by atoms with Gasteiger partial charge in [0.2, 0.25) is 5.82 Å². The summed E-state index contributed by atoms with van der Waals surface area (Å²) in [4.78, 5) is 18.2. The van der Waals surface area contributed by atoms with Crippen molar-refractivity contribution in [3.63, 3.8) is 0 Å². The predicted octanol–water partition coefficient (Wildman–Crippen LogP) is 4.58. The third kappa shape index (κ3) is 5.17. The highest BCUT2D eigenvalue weighted by atomic mass is 16.5. The van der Waals surface area contributed by atoms with Gasteiger partial charge in [-0.1, -0.05) is 29.4 Å². The first kappa shape index (κ1) is 22.8. The van der Waals surface area contributed by atoms with Crippen molar-refractivity contribution in [2.75, 3.05) is 13.1 Å². The minimum Gasteiger partial charge on any atom is -0.504 e. The summed E-state index contributed by atoms with van der Waals surface area (Å²) in [5.41, 5.74) is 1.97. The predicted molar refractivity (Wildman–Crippen MR) is 123 cm³/mol. The smallest absolute Gasteiger partial charge is 0.309 e. The zero-order valence-electron chi connectivity index (χ0n) is 19.1. The number of hydrogen-bond acceptors (Lipinski definition) is 7. The van der Waals surface area contributed by atoms with Gasteiger partial charge < -0.3 is 19.5 Å². The molecule has 1 aromatic heterocycles. The Morgan fingerprint density at radius 1 is 1.15 bits per heavy atom. The molecule has 0 spiro atoms. The number of hydrogen-bond donors (Lipinski definition) is 2. The number of rotatable bonds is 7. The number of carboxylic acids is 1. The Morgan fingerprint density at radius 3 is 2.42 bits per heavy atom. The topological polar surface area (TPSA) is 109 Å². The van der Waals surface area contributed by atoms with E-state index >= 15 is 0 Å². The molecule has 8 nitrogen and oxygen atoms in total. The molecule has 2 aromatic carbocycles. The van der Waals surface area contributed by atoms with Gasteiger partial charge >= 0.3 is 5.97 Å². The maximum atomic E-state index is 11.4. The monoisotopic (exact) mass is 451 g/mol. The number of aliphatic carboxylic acids is 1. The largest absolute Gasteiger partial charge is 0.504 e. The molecule has 0 unspecified atom stereocenters. The number of aromatic nitrogens is 2. The van der Waals surface area contributed by atoms with Crippen LogP contribution in [0.2, 0.25) is 0 Å². The molecule has 4 rings (SSSR count). The van der Waals surface area contributed by atoms with Crippen LogP contribution in [0.25, 0.3) is 22.8 Å². The molecule has 174 valence electrons. The number of carboxylic acid groups (broad SMARTS) is 1. The quantitative estimate of drug-likeness (QED) is 0.537. The molecule has 0 amide bonds. The van der Waals surface area contributed by atoms with E-state index in [2.05, 4.69) is 15.0 Å². The van der Waals surface area contributed by atoms with Gasteiger partial charge in [-0.05, 0) is 70.5 Å². The Kier molecular flexibility index (Phi) is 6.37. The minimum atomic E-state index is -0.707. The van der Waals surface area contributed by atoms with Crippen molar-refractivity contribution in [2.45, 2.75) is 46.3 Å². The van der Waals surface area contributed by atoms with Gasteiger partial charge in [0.25, 0.3) is 5.89 Å². The second kappa shape index (κ2) is 9.23. The van der Waals surface area contributed by atoms with Crippen LogP contribution in [-0.2, 0) is 11.3 Å². The Labute approximate surface area is 192 Å². The van der Waals surface area contributed by atoms with Crippen molar-refractivity contribution in [3.8, 4) is 34.3 Å². The molecule has 0 atom stereocenters. The average Bonchev–Trinajstić information content (AvgIpc) is 3.27. The number of likely N-dealkylation sites (tertiary alicyclic amines) is 1. The van der Waals surface area contributed by atoms with E-state index in [9.17, 15) is 15.0 Å². The molecule has 1 fully saturated rings. The lowest BCUT2D eigenvalue weighted by Crippen LogP contribution is -2.42. The molecule has 0 radical (unpaired) electrons. The van der Waals surface area contributed by atoms with Crippen molar-refractivity contribution >= 4 is 5.97 Å². The fourth-order valence-electron chi connectivity index (χ4n) is 3.90. The van der Waals surface area contributed by atoms with Gasteiger partial charge in [-0.3, -0.25) is 9.69 Å². The summed E-state index contributed by atoms with van der Waals surface area (Å²) in [6, 6.07) is 13.0. The van der Waals surface area contributed by atoms with E-state index in [1.807, 2.05) is 45.0 Å². The molecule has 33 heavy (non-hydrogen) atoms. The Balaban J connectivity index is 1.40. The molecule has 3 aromatic rings. The van der Waals surface area contributed by atoms with Gasteiger partial charge in [0.15, 0.2) is 11.5 Å². The normalized spacial score (nSPS) is 16.1. The van der Waals surface area contributed by atoms with Crippen LogP contribution in [0.3, 0.4) is 0 Å². The molecule has 2 heterocycles. The van der Waals surface area contributed by atoms with Crippen molar-refractivity contribution < 1.29 is 24.3 Å². The first-order valence-corrected chi connectivity index (χ1v) is 11.1. The molecule has 8 heteroatoms. The van der Waals surface area contributed by atoms with E-state index in [1.165, 1.54) is 0 Å². The zero-order valence-corrected chi connectivity index (χ0v) is 19.1. The number of aromatic hydroxyl groups is 1. The number of ether oxygens (including phenoxy) is 1. The van der Waals surface area contributed by atoms with Crippen LogP contribution in [0.1, 0.15) is 39.2 Å². The summed E-state index contributed by atoms with van der Waals surface area (Å²) >= 11 is 0. The van der Waals surface area contributed by atoms with Crippen LogP contribution in [-0.4, -0.2) is 50.4 Å². The van der Waals surface area contributed by atoms with E-state index in [0.717, 1.165) is 30.8 Å². The number of benzene rings is 2. The molecule has 2 N–H and O–H groups in total. The van der Waals surface area contributed by atoms with Crippen molar-refractivity contribution in [1.82, 2.24) is 15.0 Å². The Bertz CT molecular complexity index is 1120. The van der Waals surface area contributed by atoms with E-state index in [1.54, 1.807) is 18.2 Å². The van der Waals surface area contributed by atoms with Crippen LogP contribution in [0.5, 0.6) is 11.5 Å². The number of nitrogens with zero attached hydrogens (tertiary/aromatic N) is 3. The summed E-state index contributed by atoms with van der Waals surface area (Å²) in [6.07, 6.45) is 1.28. The van der Waals surface area contributed by atoms with E-state index < -0.39 is 11.4 Å². The van der Waals surface area contributed by atoms with Gasteiger partial charge in [-0.25, -0.2) is 0 Å². The summed E-state index contributed by atoms with van der Waals surface area (Å²) in [5, 5.41) is 23.7. The van der Waals surface area contributed by atoms with Crippen LogP contribution >= 0.6 is 0 Å². The highest BCUT2D eigenvalue weighted by Crippen LogP contribution is 2.33. The second-order valence-electron chi connectivity index (χ2n) is 9.11. The van der Waals surface area contributed by atoms with E-state index in [4.69, 9.17) is 9.26 Å². The highest BCUT2D eigenvalue weighted by molar-refractivity contribution is 5.74. The lowest BCUT2D eigenvalue weighted by atomic mass is 9.80. The Morgan fingerprint density at radius 2 is 1.82 bits per heavy atom. The zero-order chi connectivity index (χ0) is 23.6. The fraction of sp³-hybridized carbons (Fsp3) is 0.400. The number of phenolic OH excluding ortho intramolecular Hbond substituents is 1. The average molecular weight is 452 g/mol. The number of phenols is 1. The van der Waals surface area contributed by atoms with Crippen LogP contribution in [0.4, 0.5) is 0 Å². The molecule has 0 saturated carbocycles. The van der Waals surface area contributed by atoms with Crippen molar-refractivity contribution in [2.24, 2.45) is 5.41 Å². The van der Waals surface area contributed by atoms with Gasteiger partial charge in [0.05, 0.1) is 11.5 Å². The van der Waals surface area contributed by atoms with Gasteiger partial charge in [0, 0.05) is 17.7 Å². The maximum absolute atomic E-state index is 11.4.